The van der Waals surface area contributed by atoms with Crippen LogP contribution in [-0.2, 0) is 0 Å². The molecule has 1 aromatic rings. The van der Waals surface area contributed by atoms with Crippen LogP contribution in [0.25, 0.3) is 0 Å². The summed E-state index contributed by atoms with van der Waals surface area (Å²) in [5.74, 6) is 1.43. The highest BCUT2D eigenvalue weighted by Crippen LogP contribution is 2.20. The topological polar surface area (TPSA) is 34.1 Å². The zero-order valence-corrected chi connectivity index (χ0v) is 18.9. The monoisotopic (exact) mass is 489 g/mol. The second-order valence-corrected chi connectivity index (χ2v) is 7.47. The Kier molecular flexibility index (Phi) is 9.08. The number of rotatable bonds is 5. The Bertz CT molecular complexity index is 598. The molecule has 152 valence electrons. The van der Waals surface area contributed by atoms with Crippen LogP contribution in [-0.4, -0.2) is 75.2 Å². The van der Waals surface area contributed by atoms with Crippen LogP contribution in [0.2, 0.25) is 0 Å². The van der Waals surface area contributed by atoms with E-state index in [1.165, 1.54) is 32.0 Å². The number of nitrogens with one attached hydrogen (secondary N) is 1. The Morgan fingerprint density at radius 3 is 2.41 bits per heavy atom. The van der Waals surface area contributed by atoms with Crippen LogP contribution in [0.3, 0.4) is 0 Å². The molecule has 7 heteroatoms. The van der Waals surface area contributed by atoms with Crippen molar-refractivity contribution < 1.29 is 4.39 Å². The minimum Gasteiger partial charge on any atom is -0.366 e. The van der Waals surface area contributed by atoms with E-state index in [1.54, 1.807) is 6.07 Å². The molecule has 1 atom stereocenters. The van der Waals surface area contributed by atoms with Crippen molar-refractivity contribution in [3.63, 3.8) is 0 Å². The first-order valence-corrected chi connectivity index (χ1v) is 9.85. The van der Waals surface area contributed by atoms with Crippen molar-refractivity contribution in [2.24, 2.45) is 10.9 Å². The number of likely N-dealkylation sites (tertiary alicyclic amines) is 1. The highest BCUT2D eigenvalue weighted by Gasteiger charge is 2.22. The molecule has 2 heterocycles. The Balaban J connectivity index is 0.00000261. The summed E-state index contributed by atoms with van der Waals surface area (Å²) in [5.41, 5.74) is 0.703. The molecule has 0 spiro atoms. The van der Waals surface area contributed by atoms with Crippen molar-refractivity contribution >= 4 is 35.6 Å². The fourth-order valence-electron chi connectivity index (χ4n) is 3.94. The van der Waals surface area contributed by atoms with Crippen molar-refractivity contribution in [1.82, 2.24) is 15.1 Å². The van der Waals surface area contributed by atoms with Gasteiger partial charge < -0.3 is 20.0 Å². The van der Waals surface area contributed by atoms with Crippen molar-refractivity contribution in [2.75, 3.05) is 64.3 Å². The van der Waals surface area contributed by atoms with Gasteiger partial charge in [0.1, 0.15) is 5.82 Å². The van der Waals surface area contributed by atoms with Crippen LogP contribution in [0, 0.1) is 11.7 Å². The number of anilines is 1. The number of halogens is 2. The van der Waals surface area contributed by atoms with Crippen molar-refractivity contribution in [3.05, 3.63) is 30.1 Å². The van der Waals surface area contributed by atoms with Gasteiger partial charge in [-0.3, -0.25) is 4.99 Å². The third-order valence-corrected chi connectivity index (χ3v) is 5.36. The van der Waals surface area contributed by atoms with Crippen LogP contribution < -0.4 is 10.2 Å². The molecule has 27 heavy (non-hydrogen) atoms. The van der Waals surface area contributed by atoms with Gasteiger partial charge in [0.15, 0.2) is 5.96 Å². The predicted molar refractivity (Wildman–Crippen MR) is 122 cm³/mol. The first kappa shape index (κ1) is 22.2. The maximum absolute atomic E-state index is 14.0. The lowest BCUT2D eigenvalue weighted by Gasteiger charge is -2.38. The smallest absolute Gasteiger partial charge is 0.193 e. The Hall–Kier alpha value is -1.09. The first-order valence-electron chi connectivity index (χ1n) is 9.85. The van der Waals surface area contributed by atoms with Crippen LogP contribution in [0.4, 0.5) is 10.1 Å². The second kappa shape index (κ2) is 11.0. The maximum Gasteiger partial charge on any atom is 0.193 e. The van der Waals surface area contributed by atoms with Gasteiger partial charge >= 0.3 is 0 Å². The summed E-state index contributed by atoms with van der Waals surface area (Å²) in [6.07, 6.45) is 2.68. The minimum absolute atomic E-state index is 0. The molecule has 2 fully saturated rings. The number of benzene rings is 1. The van der Waals surface area contributed by atoms with E-state index in [0.717, 1.165) is 45.2 Å². The molecule has 1 unspecified atom stereocenters. The van der Waals surface area contributed by atoms with Gasteiger partial charge in [-0.1, -0.05) is 19.1 Å². The molecule has 0 aliphatic carbocycles. The summed E-state index contributed by atoms with van der Waals surface area (Å²) < 4.78 is 14.0. The number of guanidine groups is 1. The number of hydrogen-bond donors (Lipinski definition) is 1. The molecule has 1 aromatic carbocycles. The molecule has 2 aliphatic heterocycles. The highest BCUT2D eigenvalue weighted by atomic mass is 127. The van der Waals surface area contributed by atoms with Crippen molar-refractivity contribution in [3.8, 4) is 0 Å². The summed E-state index contributed by atoms with van der Waals surface area (Å²) in [7, 11) is 1.84. The molecule has 0 aromatic heterocycles. The minimum atomic E-state index is -0.140. The molecule has 3 rings (SSSR count). The molecule has 5 nitrogen and oxygen atoms in total. The molecule has 1 N–H and O–H groups in total. The molecule has 2 saturated heterocycles. The highest BCUT2D eigenvalue weighted by molar-refractivity contribution is 14.0. The van der Waals surface area contributed by atoms with Crippen LogP contribution in [0.5, 0.6) is 0 Å². The normalized spacial score (nSPS) is 19.7. The average molecular weight is 489 g/mol. The van der Waals surface area contributed by atoms with Gasteiger partial charge in [-0.25, -0.2) is 4.39 Å². The Morgan fingerprint density at radius 1 is 1.11 bits per heavy atom. The van der Waals surface area contributed by atoms with Gasteiger partial charge in [0.2, 0.25) is 0 Å². The molecular weight excluding hydrogens is 456 g/mol. The van der Waals surface area contributed by atoms with Gasteiger partial charge in [-0.2, -0.15) is 0 Å². The average Bonchev–Trinajstić information content (AvgIpc) is 3.16. The van der Waals surface area contributed by atoms with Crippen molar-refractivity contribution in [2.45, 2.75) is 19.8 Å². The number of aliphatic imine (C=N–C) groups is 1. The van der Waals surface area contributed by atoms with E-state index in [0.29, 0.717) is 11.6 Å². The van der Waals surface area contributed by atoms with Gasteiger partial charge in [-0.05, 0) is 44.0 Å². The van der Waals surface area contributed by atoms with E-state index < -0.39 is 0 Å². The first-order chi connectivity index (χ1) is 12.7. The lowest BCUT2D eigenvalue weighted by atomic mass is 10.1. The number of nitrogens with zero attached hydrogens (tertiary/aromatic N) is 4. The lowest BCUT2D eigenvalue weighted by Crippen LogP contribution is -2.53. The predicted octanol–water partition coefficient (Wildman–Crippen LogP) is 2.87. The fraction of sp³-hybridized carbons (Fsp3) is 0.650. The summed E-state index contributed by atoms with van der Waals surface area (Å²) >= 11 is 0. The van der Waals surface area contributed by atoms with E-state index in [-0.39, 0.29) is 29.8 Å². The van der Waals surface area contributed by atoms with Crippen LogP contribution >= 0.6 is 24.0 Å². The largest absolute Gasteiger partial charge is 0.366 e. The molecule has 0 amide bonds. The standard InChI is InChI=1S/C20H32FN5.HI/c1-17(16-24-9-5-6-10-24)15-23-20(22-2)26-13-11-25(12-14-26)19-8-4-3-7-18(19)21;/h3-4,7-8,17H,5-6,9-16H2,1-2H3,(H,22,23);1H. The van der Waals surface area contributed by atoms with Gasteiger partial charge in [-0.15, -0.1) is 24.0 Å². The Morgan fingerprint density at radius 2 is 1.78 bits per heavy atom. The molecule has 0 bridgehead atoms. The van der Waals surface area contributed by atoms with Crippen LogP contribution in [0.15, 0.2) is 29.3 Å². The third kappa shape index (κ3) is 6.20. The molecular formula is C20H33FIN5. The number of para-hydroxylation sites is 1. The zero-order valence-electron chi connectivity index (χ0n) is 16.5. The van der Waals surface area contributed by atoms with Gasteiger partial charge in [0, 0.05) is 46.3 Å². The van der Waals surface area contributed by atoms with E-state index in [2.05, 4.69) is 31.9 Å². The summed E-state index contributed by atoms with van der Waals surface area (Å²) in [6.45, 7) is 10.2. The second-order valence-electron chi connectivity index (χ2n) is 7.47. The van der Waals surface area contributed by atoms with E-state index in [9.17, 15) is 4.39 Å². The summed E-state index contributed by atoms with van der Waals surface area (Å²) in [4.78, 5) is 11.4. The number of hydrogen-bond acceptors (Lipinski definition) is 3. The number of piperazine rings is 1. The van der Waals surface area contributed by atoms with Gasteiger partial charge in [0.05, 0.1) is 5.69 Å². The zero-order chi connectivity index (χ0) is 18.4. The van der Waals surface area contributed by atoms with E-state index >= 15 is 0 Å². The Labute approximate surface area is 180 Å². The van der Waals surface area contributed by atoms with Crippen LogP contribution in [0.1, 0.15) is 19.8 Å². The third-order valence-electron chi connectivity index (χ3n) is 5.36. The maximum atomic E-state index is 14.0. The lowest BCUT2D eigenvalue weighted by molar-refractivity contribution is 0.285. The fourth-order valence-corrected chi connectivity index (χ4v) is 3.94. The van der Waals surface area contributed by atoms with E-state index in [4.69, 9.17) is 0 Å². The molecule has 0 radical (unpaired) electrons. The summed E-state index contributed by atoms with van der Waals surface area (Å²) in [6, 6.07) is 7.03. The van der Waals surface area contributed by atoms with Gasteiger partial charge in [0.25, 0.3) is 0 Å². The molecule has 2 aliphatic rings. The van der Waals surface area contributed by atoms with E-state index in [1.807, 2.05) is 19.2 Å². The van der Waals surface area contributed by atoms with Crippen molar-refractivity contribution in [1.29, 1.82) is 0 Å². The SMILES string of the molecule is CN=C(NCC(C)CN1CCCC1)N1CCN(c2ccccc2F)CC1.I. The summed E-state index contributed by atoms with van der Waals surface area (Å²) in [5, 5.41) is 3.54. The quantitative estimate of drug-likeness (QED) is 0.392. The molecule has 0 saturated carbocycles.